The van der Waals surface area contributed by atoms with Gasteiger partial charge in [0.15, 0.2) is 0 Å². The third-order valence-electron chi connectivity index (χ3n) is 1.66. The lowest BCUT2D eigenvalue weighted by molar-refractivity contribution is 0.995. The van der Waals surface area contributed by atoms with Crippen molar-refractivity contribution in [1.82, 2.24) is 0 Å². The molecule has 0 aliphatic carbocycles. The topological polar surface area (TPSA) is 48.8 Å². The molecule has 1 rings (SSSR count). The minimum atomic E-state index is 0.512. The second kappa shape index (κ2) is 6.13. The minimum absolute atomic E-state index is 0.512. The molecule has 0 N–H and O–H groups in total. The van der Waals surface area contributed by atoms with E-state index in [4.69, 9.17) is 5.53 Å². The van der Waals surface area contributed by atoms with Crippen LogP contribution in [0.1, 0.15) is 12.0 Å². The predicted molar refractivity (Wildman–Crippen MR) is 61.4 cm³/mol. The quantitative estimate of drug-likeness (QED) is 0.256. The summed E-state index contributed by atoms with van der Waals surface area (Å²) in [7, 11) is 0. The summed E-state index contributed by atoms with van der Waals surface area (Å²) < 4.78 is 0. The van der Waals surface area contributed by atoms with Crippen LogP contribution >= 0.6 is 12.6 Å². The third-order valence-corrected chi connectivity index (χ3v) is 1.96. The Morgan fingerprint density at radius 1 is 1.36 bits per heavy atom. The third kappa shape index (κ3) is 4.03. The fraction of sp³-hybridized carbons (Fsp3) is 0.200. The molecule has 14 heavy (non-hydrogen) atoms. The SMILES string of the molecule is [N-]=[N+]=NCCC=Cc1ccc(S)cc1. The molecule has 0 saturated heterocycles. The van der Waals surface area contributed by atoms with Crippen molar-refractivity contribution in [2.45, 2.75) is 11.3 Å². The van der Waals surface area contributed by atoms with Gasteiger partial charge in [0, 0.05) is 16.4 Å². The van der Waals surface area contributed by atoms with Crippen molar-refractivity contribution in [3.63, 3.8) is 0 Å². The lowest BCUT2D eigenvalue weighted by Gasteiger charge is -1.93. The number of thiol groups is 1. The first kappa shape index (κ1) is 10.7. The van der Waals surface area contributed by atoms with E-state index in [1.807, 2.05) is 36.4 Å². The van der Waals surface area contributed by atoms with Crippen LogP contribution in [-0.4, -0.2) is 6.54 Å². The van der Waals surface area contributed by atoms with Crippen molar-refractivity contribution in [2.24, 2.45) is 5.11 Å². The Hall–Kier alpha value is -1.38. The van der Waals surface area contributed by atoms with E-state index in [9.17, 15) is 0 Å². The second-order valence-corrected chi connectivity index (χ2v) is 3.25. The first-order chi connectivity index (χ1) is 6.83. The standard InChI is InChI=1S/C10H11N3S/c11-13-12-8-2-1-3-9-4-6-10(14)7-5-9/h1,3-7,14H,2,8H2. The van der Waals surface area contributed by atoms with Crippen molar-refractivity contribution in [3.8, 4) is 0 Å². The number of benzene rings is 1. The van der Waals surface area contributed by atoms with Crippen molar-refractivity contribution >= 4 is 18.7 Å². The van der Waals surface area contributed by atoms with Crippen LogP contribution in [0.4, 0.5) is 0 Å². The van der Waals surface area contributed by atoms with Gasteiger partial charge in [-0.3, -0.25) is 0 Å². The van der Waals surface area contributed by atoms with Gasteiger partial charge in [-0.05, 0) is 29.6 Å². The molecule has 0 aliphatic rings. The van der Waals surface area contributed by atoms with Crippen LogP contribution in [-0.2, 0) is 0 Å². The summed E-state index contributed by atoms with van der Waals surface area (Å²) in [5.74, 6) is 0. The molecule has 0 saturated carbocycles. The summed E-state index contributed by atoms with van der Waals surface area (Å²) in [6.07, 6.45) is 4.76. The first-order valence-corrected chi connectivity index (χ1v) is 4.74. The molecule has 0 aliphatic heterocycles. The van der Waals surface area contributed by atoms with E-state index in [2.05, 4.69) is 22.7 Å². The number of azide groups is 1. The molecule has 0 amide bonds. The highest BCUT2D eigenvalue weighted by Gasteiger charge is 1.85. The largest absolute Gasteiger partial charge is 0.143 e. The van der Waals surface area contributed by atoms with Gasteiger partial charge < -0.3 is 0 Å². The van der Waals surface area contributed by atoms with Crippen LogP contribution < -0.4 is 0 Å². The second-order valence-electron chi connectivity index (χ2n) is 2.74. The van der Waals surface area contributed by atoms with Gasteiger partial charge in [0.2, 0.25) is 0 Å². The van der Waals surface area contributed by atoms with E-state index in [1.54, 1.807) is 0 Å². The molecular weight excluding hydrogens is 194 g/mol. The van der Waals surface area contributed by atoms with Crippen LogP contribution in [0.15, 0.2) is 40.4 Å². The highest BCUT2D eigenvalue weighted by molar-refractivity contribution is 7.80. The highest BCUT2D eigenvalue weighted by Crippen LogP contribution is 2.09. The maximum atomic E-state index is 8.04. The lowest BCUT2D eigenvalue weighted by atomic mass is 10.2. The number of rotatable bonds is 4. The normalized spacial score (nSPS) is 10.1. The molecule has 0 heterocycles. The Morgan fingerprint density at radius 3 is 2.71 bits per heavy atom. The highest BCUT2D eigenvalue weighted by atomic mass is 32.1. The fourth-order valence-electron chi connectivity index (χ4n) is 0.982. The Labute approximate surface area is 88.5 Å². The Kier molecular flexibility index (Phi) is 4.69. The van der Waals surface area contributed by atoms with Gasteiger partial charge in [-0.25, -0.2) is 0 Å². The van der Waals surface area contributed by atoms with Crippen LogP contribution in [0, 0.1) is 0 Å². The van der Waals surface area contributed by atoms with Gasteiger partial charge in [-0.2, -0.15) is 0 Å². The zero-order valence-electron chi connectivity index (χ0n) is 7.67. The summed E-state index contributed by atoms with van der Waals surface area (Å²) in [6, 6.07) is 7.87. The van der Waals surface area contributed by atoms with E-state index >= 15 is 0 Å². The summed E-state index contributed by atoms with van der Waals surface area (Å²) in [5.41, 5.74) is 9.17. The molecule has 0 radical (unpaired) electrons. The number of nitrogens with zero attached hydrogens (tertiary/aromatic N) is 3. The molecular formula is C10H11N3S. The van der Waals surface area contributed by atoms with Crippen molar-refractivity contribution < 1.29 is 0 Å². The minimum Gasteiger partial charge on any atom is -0.143 e. The molecule has 1 aromatic carbocycles. The Morgan fingerprint density at radius 2 is 2.07 bits per heavy atom. The van der Waals surface area contributed by atoms with Gasteiger partial charge in [0.1, 0.15) is 0 Å². The monoisotopic (exact) mass is 205 g/mol. The molecule has 3 nitrogen and oxygen atoms in total. The molecule has 0 fully saturated rings. The zero-order valence-corrected chi connectivity index (χ0v) is 8.56. The number of hydrogen-bond acceptors (Lipinski definition) is 2. The first-order valence-electron chi connectivity index (χ1n) is 4.29. The molecule has 0 atom stereocenters. The lowest BCUT2D eigenvalue weighted by Crippen LogP contribution is -1.74. The summed E-state index contributed by atoms with van der Waals surface area (Å²) >= 11 is 4.19. The Bertz CT molecular complexity index is 350. The van der Waals surface area contributed by atoms with E-state index < -0.39 is 0 Å². The summed E-state index contributed by atoms with van der Waals surface area (Å²) in [5, 5.41) is 3.43. The summed E-state index contributed by atoms with van der Waals surface area (Å²) in [4.78, 5) is 3.63. The van der Waals surface area contributed by atoms with Gasteiger partial charge in [0.25, 0.3) is 0 Å². The molecule has 0 spiro atoms. The van der Waals surface area contributed by atoms with Gasteiger partial charge in [0.05, 0.1) is 0 Å². The van der Waals surface area contributed by atoms with Crippen molar-refractivity contribution in [2.75, 3.05) is 6.54 Å². The van der Waals surface area contributed by atoms with E-state index in [0.29, 0.717) is 6.54 Å². The van der Waals surface area contributed by atoms with Crippen LogP contribution in [0.3, 0.4) is 0 Å². The predicted octanol–water partition coefficient (Wildman–Crippen LogP) is 3.69. The molecule has 0 unspecified atom stereocenters. The van der Waals surface area contributed by atoms with Crippen LogP contribution in [0.25, 0.3) is 16.5 Å². The van der Waals surface area contributed by atoms with Crippen LogP contribution in [0.2, 0.25) is 0 Å². The zero-order chi connectivity index (χ0) is 10.2. The van der Waals surface area contributed by atoms with Gasteiger partial charge in [-0.15, -0.1) is 12.6 Å². The smallest absolute Gasteiger partial charge is 0.0292 e. The molecule has 1 aromatic rings. The molecule has 0 bridgehead atoms. The van der Waals surface area contributed by atoms with E-state index in [-0.39, 0.29) is 0 Å². The fourth-order valence-corrected chi connectivity index (χ4v) is 1.13. The Balaban J connectivity index is 2.43. The maximum Gasteiger partial charge on any atom is 0.0292 e. The molecule has 0 aromatic heterocycles. The summed E-state index contributed by atoms with van der Waals surface area (Å²) in [6.45, 7) is 0.512. The average molecular weight is 205 g/mol. The van der Waals surface area contributed by atoms with Crippen molar-refractivity contribution in [1.29, 1.82) is 0 Å². The average Bonchev–Trinajstić information content (AvgIpc) is 2.21. The molecule has 72 valence electrons. The van der Waals surface area contributed by atoms with E-state index in [0.717, 1.165) is 16.9 Å². The van der Waals surface area contributed by atoms with E-state index in [1.165, 1.54) is 0 Å². The van der Waals surface area contributed by atoms with Gasteiger partial charge >= 0.3 is 0 Å². The molecule has 4 heteroatoms. The van der Waals surface area contributed by atoms with Crippen LogP contribution in [0.5, 0.6) is 0 Å². The number of hydrogen-bond donors (Lipinski definition) is 1. The maximum absolute atomic E-state index is 8.04. The van der Waals surface area contributed by atoms with Gasteiger partial charge in [-0.1, -0.05) is 29.4 Å². The van der Waals surface area contributed by atoms with Crippen molar-refractivity contribution in [3.05, 3.63) is 46.3 Å².